The van der Waals surface area contributed by atoms with Gasteiger partial charge in [-0.1, -0.05) is 19.8 Å². The van der Waals surface area contributed by atoms with Gasteiger partial charge in [-0.15, -0.1) is 0 Å². The number of hydrogen-bond acceptors (Lipinski definition) is 3. The van der Waals surface area contributed by atoms with E-state index in [1.807, 2.05) is 0 Å². The normalized spacial score (nSPS) is 32.1. The van der Waals surface area contributed by atoms with E-state index in [2.05, 4.69) is 17.2 Å². The molecule has 16 heavy (non-hydrogen) atoms. The molecule has 1 saturated heterocycles. The zero-order valence-corrected chi connectivity index (χ0v) is 10.1. The Morgan fingerprint density at radius 3 is 2.88 bits per heavy atom. The molecule has 4 nitrogen and oxygen atoms in total. The van der Waals surface area contributed by atoms with Crippen molar-refractivity contribution in [2.75, 3.05) is 6.54 Å². The maximum absolute atomic E-state index is 11.7. The van der Waals surface area contributed by atoms with Crippen molar-refractivity contribution in [3.05, 3.63) is 0 Å². The van der Waals surface area contributed by atoms with Gasteiger partial charge in [0.1, 0.15) is 0 Å². The van der Waals surface area contributed by atoms with Crippen LogP contribution in [0.1, 0.15) is 45.4 Å². The lowest BCUT2D eigenvalue weighted by molar-refractivity contribution is -0.127. The molecule has 0 aromatic rings. The minimum absolute atomic E-state index is 0.0156. The van der Waals surface area contributed by atoms with Crippen molar-refractivity contribution in [1.29, 1.82) is 0 Å². The van der Waals surface area contributed by atoms with Crippen LogP contribution in [0.2, 0.25) is 0 Å². The van der Waals surface area contributed by atoms with E-state index in [-0.39, 0.29) is 11.9 Å². The second kappa shape index (κ2) is 5.15. The van der Waals surface area contributed by atoms with E-state index in [0.29, 0.717) is 6.04 Å². The van der Waals surface area contributed by atoms with Crippen molar-refractivity contribution >= 4 is 5.91 Å². The van der Waals surface area contributed by atoms with Gasteiger partial charge < -0.3 is 0 Å². The smallest absolute Gasteiger partial charge is 0.251 e. The Morgan fingerprint density at radius 2 is 2.19 bits per heavy atom. The molecule has 1 heterocycles. The Bertz CT molecular complexity index is 257. The monoisotopic (exact) mass is 225 g/mol. The van der Waals surface area contributed by atoms with Crippen molar-refractivity contribution in [3.63, 3.8) is 0 Å². The SMILES string of the molecule is CCC(C(=O)NN)N1CCC2CCCCC21. The van der Waals surface area contributed by atoms with Crippen LogP contribution in [0.3, 0.4) is 0 Å². The Morgan fingerprint density at radius 1 is 1.44 bits per heavy atom. The summed E-state index contributed by atoms with van der Waals surface area (Å²) in [5, 5.41) is 0. The van der Waals surface area contributed by atoms with Crippen molar-refractivity contribution in [2.45, 2.75) is 57.5 Å². The van der Waals surface area contributed by atoms with Crippen molar-refractivity contribution in [2.24, 2.45) is 11.8 Å². The quantitative estimate of drug-likeness (QED) is 0.428. The van der Waals surface area contributed by atoms with E-state index in [9.17, 15) is 4.79 Å². The van der Waals surface area contributed by atoms with E-state index in [1.165, 1.54) is 32.1 Å². The molecule has 1 amide bonds. The zero-order valence-electron chi connectivity index (χ0n) is 10.1. The minimum atomic E-state index is -0.0197. The van der Waals surface area contributed by atoms with Crippen LogP contribution in [0.25, 0.3) is 0 Å². The highest BCUT2D eigenvalue weighted by atomic mass is 16.2. The molecule has 3 unspecified atom stereocenters. The van der Waals surface area contributed by atoms with Gasteiger partial charge in [-0.2, -0.15) is 0 Å². The summed E-state index contributed by atoms with van der Waals surface area (Å²) in [4.78, 5) is 14.1. The predicted molar refractivity (Wildman–Crippen MR) is 63.5 cm³/mol. The van der Waals surface area contributed by atoms with Gasteiger partial charge in [0.15, 0.2) is 0 Å². The van der Waals surface area contributed by atoms with E-state index in [1.54, 1.807) is 0 Å². The Kier molecular flexibility index (Phi) is 3.82. The van der Waals surface area contributed by atoms with Gasteiger partial charge in [-0.05, 0) is 38.1 Å². The summed E-state index contributed by atoms with van der Waals surface area (Å²) >= 11 is 0. The number of nitrogens with zero attached hydrogens (tertiary/aromatic N) is 1. The van der Waals surface area contributed by atoms with Crippen LogP contribution < -0.4 is 11.3 Å². The topological polar surface area (TPSA) is 58.4 Å². The van der Waals surface area contributed by atoms with Crippen molar-refractivity contribution in [1.82, 2.24) is 10.3 Å². The zero-order chi connectivity index (χ0) is 11.5. The third kappa shape index (κ3) is 2.09. The Balaban J connectivity index is 2.05. The third-order valence-electron chi connectivity index (χ3n) is 4.28. The predicted octanol–water partition coefficient (Wildman–Crippen LogP) is 1.02. The van der Waals surface area contributed by atoms with E-state index in [0.717, 1.165) is 18.9 Å². The summed E-state index contributed by atoms with van der Waals surface area (Å²) in [6, 6.07) is 0.620. The molecule has 0 radical (unpaired) electrons. The number of likely N-dealkylation sites (tertiary alicyclic amines) is 1. The van der Waals surface area contributed by atoms with Gasteiger partial charge in [-0.25, -0.2) is 5.84 Å². The van der Waals surface area contributed by atoms with Gasteiger partial charge in [0.2, 0.25) is 0 Å². The fourth-order valence-electron chi connectivity index (χ4n) is 3.50. The van der Waals surface area contributed by atoms with Crippen LogP contribution in [0.4, 0.5) is 0 Å². The number of hydrazine groups is 1. The molecule has 1 aliphatic carbocycles. The second-order valence-electron chi connectivity index (χ2n) is 5.07. The van der Waals surface area contributed by atoms with Gasteiger partial charge in [0, 0.05) is 6.04 Å². The number of fused-ring (bicyclic) bond motifs is 1. The number of nitrogens with two attached hydrogens (primary N) is 1. The number of carbonyl (C=O) groups is 1. The average Bonchev–Trinajstić information content (AvgIpc) is 2.74. The average molecular weight is 225 g/mol. The molecule has 0 spiro atoms. The lowest BCUT2D eigenvalue weighted by Gasteiger charge is -2.35. The summed E-state index contributed by atoms with van der Waals surface area (Å²) in [5.41, 5.74) is 2.31. The summed E-state index contributed by atoms with van der Waals surface area (Å²) in [6.45, 7) is 3.14. The number of carbonyl (C=O) groups excluding carboxylic acids is 1. The van der Waals surface area contributed by atoms with E-state index in [4.69, 9.17) is 5.84 Å². The van der Waals surface area contributed by atoms with Gasteiger partial charge in [0.25, 0.3) is 5.91 Å². The lowest BCUT2D eigenvalue weighted by Crippen LogP contribution is -2.51. The van der Waals surface area contributed by atoms with E-state index >= 15 is 0 Å². The highest BCUT2D eigenvalue weighted by Crippen LogP contribution is 2.37. The molecule has 4 heteroatoms. The number of nitrogens with one attached hydrogen (secondary N) is 1. The largest absolute Gasteiger partial charge is 0.293 e. The molecular formula is C12H23N3O. The molecule has 0 bridgehead atoms. The van der Waals surface area contributed by atoms with Crippen LogP contribution in [0.15, 0.2) is 0 Å². The fraction of sp³-hybridized carbons (Fsp3) is 0.917. The van der Waals surface area contributed by atoms with Crippen LogP contribution in [0, 0.1) is 5.92 Å². The lowest BCUT2D eigenvalue weighted by atomic mass is 9.85. The molecule has 1 saturated carbocycles. The second-order valence-corrected chi connectivity index (χ2v) is 5.07. The molecule has 3 atom stereocenters. The number of amides is 1. The van der Waals surface area contributed by atoms with Crippen molar-refractivity contribution < 1.29 is 4.79 Å². The molecule has 2 rings (SSSR count). The molecule has 2 aliphatic rings. The van der Waals surface area contributed by atoms with Crippen molar-refractivity contribution in [3.8, 4) is 0 Å². The van der Waals surface area contributed by atoms with Crippen LogP contribution in [0.5, 0.6) is 0 Å². The summed E-state index contributed by atoms with van der Waals surface area (Å²) < 4.78 is 0. The highest BCUT2D eigenvalue weighted by molar-refractivity contribution is 5.81. The van der Waals surface area contributed by atoms with Crippen LogP contribution >= 0.6 is 0 Å². The number of rotatable bonds is 3. The third-order valence-corrected chi connectivity index (χ3v) is 4.28. The van der Waals surface area contributed by atoms with Gasteiger partial charge in [-0.3, -0.25) is 15.1 Å². The molecule has 0 aromatic carbocycles. The summed E-state index contributed by atoms with van der Waals surface area (Å²) in [7, 11) is 0. The van der Waals surface area contributed by atoms with Gasteiger partial charge in [0.05, 0.1) is 6.04 Å². The Hall–Kier alpha value is -0.610. The Labute approximate surface area is 97.5 Å². The van der Waals surface area contributed by atoms with Crippen LogP contribution in [-0.4, -0.2) is 29.4 Å². The summed E-state index contributed by atoms with van der Waals surface area (Å²) in [6.07, 6.45) is 7.42. The first kappa shape index (κ1) is 11.9. The fourth-order valence-corrected chi connectivity index (χ4v) is 3.50. The molecule has 92 valence electrons. The molecule has 2 fully saturated rings. The van der Waals surface area contributed by atoms with Gasteiger partial charge >= 0.3 is 0 Å². The maximum atomic E-state index is 11.7. The molecule has 0 aromatic heterocycles. The standard InChI is InChI=1S/C12H23N3O/c1-2-10(12(16)14-13)15-8-7-9-5-3-4-6-11(9)15/h9-11H,2-8,13H2,1H3,(H,14,16). The molecule has 1 aliphatic heterocycles. The highest BCUT2D eigenvalue weighted by Gasteiger charge is 2.40. The van der Waals surface area contributed by atoms with Crippen LogP contribution in [-0.2, 0) is 4.79 Å². The minimum Gasteiger partial charge on any atom is -0.293 e. The molecule has 3 N–H and O–H groups in total. The maximum Gasteiger partial charge on any atom is 0.251 e. The first-order chi connectivity index (χ1) is 7.77. The molecular weight excluding hydrogens is 202 g/mol. The first-order valence-corrected chi connectivity index (χ1v) is 6.54. The summed E-state index contributed by atoms with van der Waals surface area (Å²) in [5.74, 6) is 6.07. The first-order valence-electron chi connectivity index (χ1n) is 6.54. The van der Waals surface area contributed by atoms with E-state index < -0.39 is 0 Å². The number of hydrogen-bond donors (Lipinski definition) is 2.